The zero-order valence-electron chi connectivity index (χ0n) is 9.31. The van der Waals surface area contributed by atoms with Crippen LogP contribution < -0.4 is 0 Å². The van der Waals surface area contributed by atoms with E-state index in [0.29, 0.717) is 11.8 Å². The van der Waals surface area contributed by atoms with Gasteiger partial charge in [-0.3, -0.25) is 0 Å². The zero-order chi connectivity index (χ0) is 10.0. The molecule has 1 rings (SSSR count). The lowest BCUT2D eigenvalue weighted by molar-refractivity contribution is 0.827. The highest BCUT2D eigenvalue weighted by Gasteiger charge is 2.05. The Balaban J connectivity index is 3.11. The monoisotopic (exact) mass is 175 g/mol. The summed E-state index contributed by atoms with van der Waals surface area (Å²) in [6.45, 7) is 11.0. The Morgan fingerprint density at radius 3 is 1.62 bits per heavy atom. The molecule has 0 saturated carbocycles. The van der Waals surface area contributed by atoms with Crippen molar-refractivity contribution in [3.63, 3.8) is 0 Å². The van der Waals surface area contributed by atoms with E-state index in [1.807, 2.05) is 0 Å². The predicted octanol–water partition coefficient (Wildman–Crippen LogP) is 4.04. The Morgan fingerprint density at radius 1 is 0.923 bits per heavy atom. The van der Waals surface area contributed by atoms with E-state index in [2.05, 4.69) is 52.8 Å². The van der Waals surface area contributed by atoms with E-state index in [0.717, 1.165) is 0 Å². The number of aryl methyl sites for hydroxylation is 1. The first-order chi connectivity index (χ1) is 6.00. The maximum absolute atomic E-state index is 3.48. The van der Waals surface area contributed by atoms with Gasteiger partial charge in [0.25, 0.3) is 0 Å². The van der Waals surface area contributed by atoms with Gasteiger partial charge in [-0.15, -0.1) is 0 Å². The van der Waals surface area contributed by atoms with Crippen LogP contribution in [0.15, 0.2) is 12.1 Å². The molecule has 0 unspecified atom stereocenters. The maximum atomic E-state index is 3.48. The molecule has 0 aromatic heterocycles. The Labute approximate surface area is 82.0 Å². The molecule has 0 N–H and O–H groups in total. The SMILES string of the molecule is Cc1cc(C(C)C)[c]c(C(C)C)c1. The van der Waals surface area contributed by atoms with E-state index in [9.17, 15) is 0 Å². The van der Waals surface area contributed by atoms with Crippen molar-refractivity contribution in [3.8, 4) is 0 Å². The van der Waals surface area contributed by atoms with Gasteiger partial charge < -0.3 is 0 Å². The van der Waals surface area contributed by atoms with Crippen molar-refractivity contribution in [3.05, 3.63) is 34.9 Å². The second-order valence-corrected chi connectivity index (χ2v) is 4.38. The Bertz CT molecular complexity index is 256. The average Bonchev–Trinajstić information content (AvgIpc) is 2.03. The van der Waals surface area contributed by atoms with Crippen LogP contribution in [0, 0.1) is 13.0 Å². The van der Waals surface area contributed by atoms with Gasteiger partial charge in [-0.2, -0.15) is 0 Å². The molecule has 0 heterocycles. The van der Waals surface area contributed by atoms with Gasteiger partial charge in [-0.1, -0.05) is 45.4 Å². The van der Waals surface area contributed by atoms with Crippen LogP contribution in [-0.4, -0.2) is 0 Å². The van der Waals surface area contributed by atoms with Crippen molar-refractivity contribution in [1.82, 2.24) is 0 Å². The molecule has 0 saturated heterocycles. The van der Waals surface area contributed by atoms with Crippen LogP contribution in [-0.2, 0) is 0 Å². The molecule has 0 aliphatic carbocycles. The molecule has 0 amide bonds. The highest BCUT2D eigenvalue weighted by Crippen LogP contribution is 2.22. The van der Waals surface area contributed by atoms with Crippen molar-refractivity contribution >= 4 is 0 Å². The molecule has 0 atom stereocenters. The van der Waals surface area contributed by atoms with Crippen molar-refractivity contribution in [2.75, 3.05) is 0 Å². The highest BCUT2D eigenvalue weighted by molar-refractivity contribution is 5.31. The van der Waals surface area contributed by atoms with E-state index in [4.69, 9.17) is 0 Å². The first-order valence-electron chi connectivity index (χ1n) is 5.04. The number of rotatable bonds is 2. The molecular formula is C13H19. The van der Waals surface area contributed by atoms with Gasteiger partial charge in [-0.05, 0) is 36.0 Å². The van der Waals surface area contributed by atoms with Crippen LogP contribution >= 0.6 is 0 Å². The number of benzene rings is 1. The first-order valence-corrected chi connectivity index (χ1v) is 5.04. The van der Waals surface area contributed by atoms with Crippen molar-refractivity contribution < 1.29 is 0 Å². The van der Waals surface area contributed by atoms with Crippen LogP contribution in [0.2, 0.25) is 0 Å². The minimum absolute atomic E-state index is 0.581. The minimum Gasteiger partial charge on any atom is -0.0587 e. The second-order valence-electron chi connectivity index (χ2n) is 4.38. The van der Waals surface area contributed by atoms with Crippen LogP contribution in [0.5, 0.6) is 0 Å². The molecule has 0 fully saturated rings. The largest absolute Gasteiger partial charge is 0.0587 e. The molecule has 0 aliphatic heterocycles. The molecule has 0 spiro atoms. The molecule has 1 radical (unpaired) electrons. The molecule has 1 aromatic carbocycles. The van der Waals surface area contributed by atoms with Gasteiger partial charge in [0.1, 0.15) is 0 Å². The van der Waals surface area contributed by atoms with E-state index in [-0.39, 0.29) is 0 Å². The van der Waals surface area contributed by atoms with Crippen molar-refractivity contribution in [2.24, 2.45) is 0 Å². The fourth-order valence-electron chi connectivity index (χ4n) is 1.39. The molecular weight excluding hydrogens is 156 g/mol. The van der Waals surface area contributed by atoms with E-state index >= 15 is 0 Å². The first kappa shape index (κ1) is 10.3. The Hall–Kier alpha value is -0.780. The maximum Gasteiger partial charge on any atom is -0.0109 e. The summed E-state index contributed by atoms with van der Waals surface area (Å²) >= 11 is 0. The lowest BCUT2D eigenvalue weighted by atomic mass is 9.94. The van der Waals surface area contributed by atoms with Gasteiger partial charge in [0.2, 0.25) is 0 Å². The molecule has 0 aliphatic rings. The van der Waals surface area contributed by atoms with Crippen molar-refractivity contribution in [2.45, 2.75) is 46.5 Å². The average molecular weight is 175 g/mol. The van der Waals surface area contributed by atoms with Gasteiger partial charge >= 0.3 is 0 Å². The molecule has 71 valence electrons. The molecule has 0 nitrogen and oxygen atoms in total. The molecule has 1 aromatic rings. The van der Waals surface area contributed by atoms with Crippen LogP contribution in [0.3, 0.4) is 0 Å². The lowest BCUT2D eigenvalue weighted by Crippen LogP contribution is -1.95. The summed E-state index contributed by atoms with van der Waals surface area (Å²) in [7, 11) is 0. The third kappa shape index (κ3) is 2.58. The summed E-state index contributed by atoms with van der Waals surface area (Å²) in [6, 6.07) is 7.95. The summed E-state index contributed by atoms with van der Waals surface area (Å²) in [5.74, 6) is 1.16. The van der Waals surface area contributed by atoms with Gasteiger partial charge in [-0.25, -0.2) is 0 Å². The zero-order valence-corrected chi connectivity index (χ0v) is 9.31. The molecule has 0 bridgehead atoms. The summed E-state index contributed by atoms with van der Waals surface area (Å²) in [5.41, 5.74) is 4.03. The normalized spacial score (nSPS) is 11.3. The predicted molar refractivity (Wildman–Crippen MR) is 58.2 cm³/mol. The van der Waals surface area contributed by atoms with Crippen LogP contribution in [0.25, 0.3) is 0 Å². The Kier molecular flexibility index (Phi) is 3.13. The lowest BCUT2D eigenvalue weighted by Gasteiger charge is -2.11. The smallest absolute Gasteiger partial charge is 0.0109 e. The molecule has 13 heavy (non-hydrogen) atoms. The third-order valence-electron chi connectivity index (χ3n) is 2.30. The number of hydrogen-bond acceptors (Lipinski definition) is 0. The summed E-state index contributed by atoms with van der Waals surface area (Å²) in [4.78, 5) is 0. The quantitative estimate of drug-likeness (QED) is 0.636. The fraction of sp³-hybridized carbons (Fsp3) is 0.538. The van der Waals surface area contributed by atoms with Crippen molar-refractivity contribution in [1.29, 1.82) is 0 Å². The van der Waals surface area contributed by atoms with E-state index in [1.165, 1.54) is 16.7 Å². The highest BCUT2D eigenvalue weighted by atomic mass is 14.1. The van der Waals surface area contributed by atoms with E-state index < -0.39 is 0 Å². The van der Waals surface area contributed by atoms with Gasteiger partial charge in [0.15, 0.2) is 0 Å². The summed E-state index contributed by atoms with van der Waals surface area (Å²) < 4.78 is 0. The Morgan fingerprint density at radius 2 is 1.31 bits per heavy atom. The van der Waals surface area contributed by atoms with Crippen LogP contribution in [0.1, 0.15) is 56.2 Å². The van der Waals surface area contributed by atoms with Crippen LogP contribution in [0.4, 0.5) is 0 Å². The standard InChI is InChI=1S/C13H19/c1-9(2)12-6-11(5)7-13(8-12)10(3)4/h6-7,9-10H,1-5H3. The number of hydrogen-bond donors (Lipinski definition) is 0. The van der Waals surface area contributed by atoms with Gasteiger partial charge in [0.05, 0.1) is 0 Å². The van der Waals surface area contributed by atoms with E-state index in [1.54, 1.807) is 0 Å². The third-order valence-corrected chi connectivity index (χ3v) is 2.30. The fourth-order valence-corrected chi connectivity index (χ4v) is 1.39. The second kappa shape index (κ2) is 3.95. The topological polar surface area (TPSA) is 0 Å². The summed E-state index contributed by atoms with van der Waals surface area (Å²) in [6.07, 6.45) is 0. The minimum atomic E-state index is 0.581. The summed E-state index contributed by atoms with van der Waals surface area (Å²) in [5, 5.41) is 0. The van der Waals surface area contributed by atoms with Gasteiger partial charge in [0, 0.05) is 0 Å². The molecule has 0 heteroatoms.